The number of carbonyl (C=O) groups is 1. The summed E-state index contributed by atoms with van der Waals surface area (Å²) in [5.41, 5.74) is 2.06. The van der Waals surface area contributed by atoms with E-state index in [4.69, 9.17) is 0 Å². The summed E-state index contributed by atoms with van der Waals surface area (Å²) < 4.78 is 14.9. The standard InChI is InChI=1S/C19H26FN5O.2ClH/c1-24(2)18(13-4-6-15(20)7-5-13)11-22-19(26)17-10-21-9-16(17)14-8-23-25(3)12-14;;/h4-8,12,16-18,21H,9-11H2,1-3H3,(H,22,26);2*1H/t16-,17+,18?;;/m1../s1. The van der Waals surface area contributed by atoms with Gasteiger partial charge in [-0.25, -0.2) is 4.39 Å². The van der Waals surface area contributed by atoms with Gasteiger partial charge in [-0.3, -0.25) is 9.48 Å². The molecule has 1 aliphatic rings. The van der Waals surface area contributed by atoms with E-state index < -0.39 is 0 Å². The molecule has 6 nitrogen and oxygen atoms in total. The monoisotopic (exact) mass is 431 g/mol. The molecular weight excluding hydrogens is 404 g/mol. The third-order valence-corrected chi connectivity index (χ3v) is 5.05. The van der Waals surface area contributed by atoms with Crippen molar-refractivity contribution in [2.24, 2.45) is 13.0 Å². The van der Waals surface area contributed by atoms with Crippen molar-refractivity contribution >= 4 is 30.7 Å². The number of aromatic nitrogens is 2. The minimum atomic E-state index is -0.258. The Labute approximate surface area is 177 Å². The van der Waals surface area contributed by atoms with Crippen LogP contribution in [0, 0.1) is 11.7 Å². The van der Waals surface area contributed by atoms with E-state index in [0.29, 0.717) is 13.1 Å². The van der Waals surface area contributed by atoms with E-state index in [1.807, 2.05) is 38.4 Å². The van der Waals surface area contributed by atoms with Crippen molar-refractivity contribution in [2.75, 3.05) is 33.7 Å². The molecule has 3 atom stereocenters. The van der Waals surface area contributed by atoms with E-state index in [-0.39, 0.29) is 54.4 Å². The minimum absolute atomic E-state index is 0. The Morgan fingerprint density at radius 3 is 2.57 bits per heavy atom. The molecule has 1 amide bonds. The number of hydrogen-bond acceptors (Lipinski definition) is 4. The van der Waals surface area contributed by atoms with Crippen LogP contribution >= 0.6 is 24.8 Å². The zero-order valence-corrected chi connectivity index (χ0v) is 17.9. The highest BCUT2D eigenvalue weighted by Crippen LogP contribution is 2.28. The molecule has 2 heterocycles. The summed E-state index contributed by atoms with van der Waals surface area (Å²) in [6.45, 7) is 1.92. The predicted molar refractivity (Wildman–Crippen MR) is 113 cm³/mol. The van der Waals surface area contributed by atoms with E-state index in [9.17, 15) is 9.18 Å². The number of benzene rings is 1. The topological polar surface area (TPSA) is 62.2 Å². The molecular formula is C19H28Cl2FN5O. The van der Waals surface area contributed by atoms with E-state index in [1.165, 1.54) is 12.1 Å². The Balaban J connectivity index is 0.00000196. The lowest BCUT2D eigenvalue weighted by Crippen LogP contribution is -2.39. The highest BCUT2D eigenvalue weighted by Gasteiger charge is 2.34. The summed E-state index contributed by atoms with van der Waals surface area (Å²) in [4.78, 5) is 14.8. The number of rotatable bonds is 6. The van der Waals surface area contributed by atoms with Crippen LogP contribution in [0.25, 0.3) is 0 Å². The summed E-state index contributed by atoms with van der Waals surface area (Å²) in [6.07, 6.45) is 3.80. The molecule has 0 saturated carbocycles. The number of halogens is 3. The number of nitrogens with zero attached hydrogens (tertiary/aromatic N) is 3. The van der Waals surface area contributed by atoms with Crippen molar-refractivity contribution < 1.29 is 9.18 Å². The zero-order valence-electron chi connectivity index (χ0n) is 16.3. The Morgan fingerprint density at radius 1 is 1.32 bits per heavy atom. The molecule has 2 aromatic rings. The highest BCUT2D eigenvalue weighted by atomic mass is 35.5. The van der Waals surface area contributed by atoms with Crippen LogP contribution in [0.15, 0.2) is 36.7 Å². The van der Waals surface area contributed by atoms with Gasteiger partial charge in [-0.05, 0) is 37.4 Å². The van der Waals surface area contributed by atoms with E-state index in [0.717, 1.165) is 17.7 Å². The van der Waals surface area contributed by atoms with Crippen molar-refractivity contribution in [2.45, 2.75) is 12.0 Å². The van der Waals surface area contributed by atoms with Gasteiger partial charge in [0, 0.05) is 38.8 Å². The molecule has 0 spiro atoms. The van der Waals surface area contributed by atoms with E-state index >= 15 is 0 Å². The molecule has 0 aliphatic carbocycles. The van der Waals surface area contributed by atoms with E-state index in [1.54, 1.807) is 16.8 Å². The Morgan fingerprint density at radius 2 is 2.00 bits per heavy atom. The lowest BCUT2D eigenvalue weighted by molar-refractivity contribution is -0.125. The predicted octanol–water partition coefficient (Wildman–Crippen LogP) is 2.12. The minimum Gasteiger partial charge on any atom is -0.354 e. The first-order valence-electron chi connectivity index (χ1n) is 8.84. The molecule has 3 rings (SSSR count). The second kappa shape index (κ2) is 10.8. The Hall–Kier alpha value is -1.67. The van der Waals surface area contributed by atoms with Crippen LogP contribution < -0.4 is 10.6 Å². The first kappa shape index (κ1) is 24.4. The van der Waals surface area contributed by atoms with Gasteiger partial charge >= 0.3 is 0 Å². The number of aryl methyl sites for hydroxylation is 1. The lowest BCUT2D eigenvalue weighted by atomic mass is 9.90. The molecule has 1 aromatic heterocycles. The molecule has 1 fully saturated rings. The van der Waals surface area contributed by atoms with Crippen molar-refractivity contribution in [1.82, 2.24) is 25.3 Å². The Bertz CT molecular complexity index is 753. The molecule has 156 valence electrons. The maximum Gasteiger partial charge on any atom is 0.225 e. The number of carbonyl (C=O) groups excluding carboxylic acids is 1. The number of amides is 1. The van der Waals surface area contributed by atoms with Gasteiger partial charge in [0.15, 0.2) is 0 Å². The summed E-state index contributed by atoms with van der Waals surface area (Å²) in [5, 5.41) is 10.6. The van der Waals surface area contributed by atoms with Crippen LogP contribution in [0.5, 0.6) is 0 Å². The molecule has 1 aromatic carbocycles. The number of nitrogens with one attached hydrogen (secondary N) is 2. The maximum atomic E-state index is 13.2. The number of hydrogen-bond donors (Lipinski definition) is 2. The largest absolute Gasteiger partial charge is 0.354 e. The average molecular weight is 432 g/mol. The first-order valence-corrected chi connectivity index (χ1v) is 8.84. The SMILES string of the molecule is CN(C)C(CNC(=O)[C@H]1CNC[C@@H]1c1cnn(C)c1)c1ccc(F)cc1.Cl.Cl. The van der Waals surface area contributed by atoms with Gasteiger partial charge in [0.2, 0.25) is 5.91 Å². The van der Waals surface area contributed by atoms with Gasteiger partial charge in [-0.15, -0.1) is 24.8 Å². The fraction of sp³-hybridized carbons (Fsp3) is 0.474. The van der Waals surface area contributed by atoms with Crippen molar-refractivity contribution in [3.8, 4) is 0 Å². The smallest absolute Gasteiger partial charge is 0.225 e. The molecule has 2 N–H and O–H groups in total. The van der Waals surface area contributed by atoms with Crippen LogP contribution in [-0.4, -0.2) is 54.3 Å². The normalized spacial score (nSPS) is 19.6. The molecule has 1 saturated heterocycles. The van der Waals surface area contributed by atoms with Gasteiger partial charge in [0.1, 0.15) is 5.82 Å². The van der Waals surface area contributed by atoms with Gasteiger partial charge < -0.3 is 15.5 Å². The van der Waals surface area contributed by atoms with E-state index in [2.05, 4.69) is 15.7 Å². The van der Waals surface area contributed by atoms with Crippen molar-refractivity contribution in [1.29, 1.82) is 0 Å². The van der Waals surface area contributed by atoms with Gasteiger partial charge in [0.05, 0.1) is 18.2 Å². The Kier molecular flexibility index (Phi) is 9.36. The van der Waals surface area contributed by atoms with Gasteiger partial charge in [0.25, 0.3) is 0 Å². The number of likely N-dealkylation sites (N-methyl/N-ethyl adjacent to an activating group) is 1. The lowest BCUT2D eigenvalue weighted by Gasteiger charge is -2.26. The molecule has 28 heavy (non-hydrogen) atoms. The second-order valence-electron chi connectivity index (χ2n) is 7.09. The highest BCUT2D eigenvalue weighted by molar-refractivity contribution is 5.85. The fourth-order valence-corrected chi connectivity index (χ4v) is 3.55. The molecule has 1 aliphatic heterocycles. The second-order valence-corrected chi connectivity index (χ2v) is 7.09. The summed E-state index contributed by atoms with van der Waals surface area (Å²) in [7, 11) is 5.79. The third kappa shape index (κ3) is 5.67. The summed E-state index contributed by atoms with van der Waals surface area (Å²) in [6, 6.07) is 6.43. The van der Waals surface area contributed by atoms with Gasteiger partial charge in [-0.1, -0.05) is 12.1 Å². The molecule has 1 unspecified atom stereocenters. The van der Waals surface area contributed by atoms with Crippen molar-refractivity contribution in [3.63, 3.8) is 0 Å². The van der Waals surface area contributed by atoms with Crippen LogP contribution in [-0.2, 0) is 11.8 Å². The average Bonchev–Trinajstić information content (AvgIpc) is 3.24. The first-order chi connectivity index (χ1) is 12.5. The van der Waals surface area contributed by atoms with Crippen LogP contribution in [0.3, 0.4) is 0 Å². The van der Waals surface area contributed by atoms with Crippen LogP contribution in [0.2, 0.25) is 0 Å². The third-order valence-electron chi connectivity index (χ3n) is 5.05. The van der Waals surface area contributed by atoms with Crippen molar-refractivity contribution in [3.05, 3.63) is 53.6 Å². The maximum absolute atomic E-state index is 13.2. The fourth-order valence-electron chi connectivity index (χ4n) is 3.55. The summed E-state index contributed by atoms with van der Waals surface area (Å²) in [5.74, 6) is -0.202. The molecule has 0 radical (unpaired) electrons. The quantitative estimate of drug-likeness (QED) is 0.735. The summed E-state index contributed by atoms with van der Waals surface area (Å²) >= 11 is 0. The van der Waals surface area contributed by atoms with Crippen LogP contribution in [0.1, 0.15) is 23.1 Å². The van der Waals surface area contributed by atoms with Crippen LogP contribution in [0.4, 0.5) is 4.39 Å². The van der Waals surface area contributed by atoms with Gasteiger partial charge in [-0.2, -0.15) is 5.10 Å². The molecule has 9 heteroatoms. The zero-order chi connectivity index (χ0) is 18.7. The molecule has 0 bridgehead atoms.